The van der Waals surface area contributed by atoms with Gasteiger partial charge in [0.25, 0.3) is 0 Å². The minimum absolute atomic E-state index is 1.16. The van der Waals surface area contributed by atoms with Gasteiger partial charge in [0, 0.05) is 28.9 Å². The Morgan fingerprint density at radius 3 is 1.59 bits per heavy atom. The van der Waals surface area contributed by atoms with Crippen LogP contribution in [0.4, 0.5) is 0 Å². The van der Waals surface area contributed by atoms with Crippen LogP contribution in [0.25, 0.3) is 27.5 Å². The summed E-state index contributed by atoms with van der Waals surface area (Å²) < 4.78 is 2.35. The van der Waals surface area contributed by atoms with Gasteiger partial charge in [0.2, 0.25) is 0 Å². The van der Waals surface area contributed by atoms with E-state index in [9.17, 15) is 0 Å². The van der Waals surface area contributed by atoms with Gasteiger partial charge < -0.3 is 4.57 Å². The molecule has 6 aromatic rings. The van der Waals surface area contributed by atoms with Crippen LogP contribution in [0, 0.1) is 5.92 Å². The molecule has 0 amide bonds. The van der Waals surface area contributed by atoms with Gasteiger partial charge in [0.05, 0.1) is 17.0 Å². The molecule has 32 heavy (non-hydrogen) atoms. The van der Waals surface area contributed by atoms with E-state index in [2.05, 4.69) is 125 Å². The highest BCUT2D eigenvalue weighted by atomic mass is 15.0. The molecule has 1 radical (unpaired) electrons. The fraction of sp³-hybridized carbons (Fsp3) is 0. The molecule has 0 bridgehead atoms. The lowest BCUT2D eigenvalue weighted by Crippen LogP contribution is -2.05. The van der Waals surface area contributed by atoms with Crippen LogP contribution < -0.4 is 0 Å². The molecule has 0 spiro atoms. The number of aromatic nitrogens is 2. The van der Waals surface area contributed by atoms with E-state index in [0.29, 0.717) is 0 Å². The zero-order valence-corrected chi connectivity index (χ0v) is 17.5. The Labute approximate surface area is 187 Å². The Hall–Kier alpha value is -4.17. The van der Waals surface area contributed by atoms with Crippen LogP contribution in [-0.4, -0.2) is 9.55 Å². The molecule has 151 valence electrons. The molecule has 0 N–H and O–H groups in total. The molecule has 0 saturated carbocycles. The molecule has 2 heteroatoms. The van der Waals surface area contributed by atoms with Crippen molar-refractivity contribution >= 4 is 21.8 Å². The third-order valence-corrected chi connectivity index (χ3v) is 6.03. The van der Waals surface area contributed by atoms with Crippen molar-refractivity contribution in [1.29, 1.82) is 0 Å². The maximum Gasteiger partial charge on any atom is 0.0630 e. The summed E-state index contributed by atoms with van der Waals surface area (Å²) in [5.74, 6) is 1.21. The van der Waals surface area contributed by atoms with Crippen molar-refractivity contribution in [3.8, 4) is 5.69 Å². The van der Waals surface area contributed by atoms with Crippen molar-refractivity contribution in [2.24, 2.45) is 0 Å². The fourth-order valence-electron chi connectivity index (χ4n) is 4.60. The largest absolute Gasteiger partial charge is 0.309 e. The molecule has 0 aliphatic carbocycles. The summed E-state index contributed by atoms with van der Waals surface area (Å²) in [4.78, 5) is 4.20. The van der Waals surface area contributed by atoms with Crippen molar-refractivity contribution < 1.29 is 0 Å². The quantitative estimate of drug-likeness (QED) is 0.301. The predicted octanol–water partition coefficient (Wildman–Crippen LogP) is 7.20. The number of nitrogens with zero attached hydrogens (tertiary/aromatic N) is 2. The SMILES string of the molecule is c1ccc([C](c2ccncc2)c2ccc(-n3c4ccccc4c4ccccc43)cc2)cc1. The summed E-state index contributed by atoms with van der Waals surface area (Å²) in [6.45, 7) is 0. The summed E-state index contributed by atoms with van der Waals surface area (Å²) in [5, 5.41) is 2.56. The Morgan fingerprint density at radius 1 is 0.469 bits per heavy atom. The van der Waals surface area contributed by atoms with Crippen molar-refractivity contribution in [3.05, 3.63) is 150 Å². The Kier molecular flexibility index (Phi) is 4.54. The highest BCUT2D eigenvalue weighted by molar-refractivity contribution is 6.09. The average Bonchev–Trinajstić information content (AvgIpc) is 3.21. The first-order valence-electron chi connectivity index (χ1n) is 10.8. The predicted molar refractivity (Wildman–Crippen MR) is 132 cm³/mol. The first-order valence-corrected chi connectivity index (χ1v) is 10.8. The number of pyridine rings is 1. The molecule has 0 atom stereocenters. The maximum atomic E-state index is 4.20. The van der Waals surface area contributed by atoms with Gasteiger partial charge in [-0.1, -0.05) is 78.9 Å². The summed E-state index contributed by atoms with van der Waals surface area (Å²) in [7, 11) is 0. The van der Waals surface area contributed by atoms with Gasteiger partial charge in [0.1, 0.15) is 0 Å². The molecule has 0 saturated heterocycles. The highest BCUT2D eigenvalue weighted by Gasteiger charge is 2.18. The van der Waals surface area contributed by atoms with Crippen LogP contribution in [0.1, 0.15) is 16.7 Å². The first kappa shape index (κ1) is 18.6. The van der Waals surface area contributed by atoms with Crippen LogP contribution >= 0.6 is 0 Å². The van der Waals surface area contributed by atoms with E-state index < -0.39 is 0 Å². The molecular formula is C30H21N2. The van der Waals surface area contributed by atoms with Gasteiger partial charge >= 0.3 is 0 Å². The molecule has 4 aromatic carbocycles. The maximum absolute atomic E-state index is 4.20. The van der Waals surface area contributed by atoms with Gasteiger partial charge in [-0.3, -0.25) is 4.98 Å². The number of benzene rings is 4. The lowest BCUT2D eigenvalue weighted by molar-refractivity contribution is 1.16. The Bertz CT molecular complexity index is 1400. The van der Waals surface area contributed by atoms with Crippen molar-refractivity contribution in [2.45, 2.75) is 0 Å². The topological polar surface area (TPSA) is 17.8 Å². The number of fused-ring (bicyclic) bond motifs is 3. The molecule has 2 aromatic heterocycles. The fourth-order valence-corrected chi connectivity index (χ4v) is 4.60. The van der Waals surface area contributed by atoms with Crippen LogP contribution in [0.2, 0.25) is 0 Å². The van der Waals surface area contributed by atoms with Crippen LogP contribution in [0.5, 0.6) is 0 Å². The van der Waals surface area contributed by atoms with E-state index in [4.69, 9.17) is 0 Å². The standard InChI is InChI=1S/C30H21N2/c1-2-8-22(9-3-1)30(24-18-20-31-21-19-24)23-14-16-25(17-15-23)32-28-12-6-4-10-26(28)27-11-5-7-13-29(27)32/h1-21H. The van der Waals surface area contributed by atoms with Gasteiger partial charge in [0.15, 0.2) is 0 Å². The Morgan fingerprint density at radius 2 is 0.969 bits per heavy atom. The van der Waals surface area contributed by atoms with Gasteiger partial charge in [-0.2, -0.15) is 0 Å². The van der Waals surface area contributed by atoms with Crippen molar-refractivity contribution in [2.75, 3.05) is 0 Å². The normalized spacial score (nSPS) is 11.4. The molecule has 2 heterocycles. The van der Waals surface area contributed by atoms with Gasteiger partial charge in [-0.25, -0.2) is 0 Å². The van der Waals surface area contributed by atoms with Crippen molar-refractivity contribution in [1.82, 2.24) is 9.55 Å². The molecule has 2 nitrogen and oxygen atoms in total. The van der Waals surface area contributed by atoms with E-state index in [1.165, 1.54) is 38.9 Å². The number of para-hydroxylation sites is 2. The third-order valence-electron chi connectivity index (χ3n) is 6.03. The number of rotatable bonds is 4. The summed E-state index contributed by atoms with van der Waals surface area (Å²) in [6.07, 6.45) is 3.70. The summed E-state index contributed by atoms with van der Waals surface area (Å²) in [6, 6.07) is 40.8. The van der Waals surface area contributed by atoms with E-state index in [0.717, 1.165) is 11.3 Å². The van der Waals surface area contributed by atoms with E-state index >= 15 is 0 Å². The van der Waals surface area contributed by atoms with Crippen molar-refractivity contribution in [3.63, 3.8) is 0 Å². The lowest BCUT2D eigenvalue weighted by Gasteiger charge is -2.18. The van der Waals surface area contributed by atoms with Gasteiger partial charge in [-0.15, -0.1) is 0 Å². The zero-order valence-electron chi connectivity index (χ0n) is 17.5. The zero-order chi connectivity index (χ0) is 21.3. The van der Waals surface area contributed by atoms with Crippen LogP contribution in [-0.2, 0) is 0 Å². The van der Waals surface area contributed by atoms with Crippen LogP contribution in [0.15, 0.2) is 128 Å². The van der Waals surface area contributed by atoms with E-state index in [-0.39, 0.29) is 0 Å². The smallest absolute Gasteiger partial charge is 0.0630 e. The molecule has 0 aliphatic rings. The first-order chi connectivity index (χ1) is 15.9. The number of hydrogen-bond donors (Lipinski definition) is 0. The summed E-state index contributed by atoms with van der Waals surface area (Å²) >= 11 is 0. The second-order valence-corrected chi connectivity index (χ2v) is 7.89. The molecule has 0 fully saturated rings. The van der Waals surface area contributed by atoms with Crippen LogP contribution in [0.3, 0.4) is 0 Å². The molecular weight excluding hydrogens is 388 g/mol. The second-order valence-electron chi connectivity index (χ2n) is 7.89. The van der Waals surface area contributed by atoms with E-state index in [1.807, 2.05) is 12.4 Å². The minimum Gasteiger partial charge on any atom is -0.309 e. The average molecular weight is 410 g/mol. The molecule has 0 aliphatic heterocycles. The highest BCUT2D eigenvalue weighted by Crippen LogP contribution is 2.34. The number of hydrogen-bond acceptors (Lipinski definition) is 1. The second kappa shape index (κ2) is 7.82. The third kappa shape index (κ3) is 3.09. The molecule has 0 unspecified atom stereocenters. The minimum atomic E-state index is 1.16. The monoisotopic (exact) mass is 409 g/mol. The van der Waals surface area contributed by atoms with E-state index in [1.54, 1.807) is 0 Å². The Balaban J connectivity index is 1.50. The summed E-state index contributed by atoms with van der Waals surface area (Å²) in [5.41, 5.74) is 7.16. The lowest BCUT2D eigenvalue weighted by atomic mass is 9.85. The molecule has 6 rings (SSSR count). The van der Waals surface area contributed by atoms with Gasteiger partial charge in [-0.05, 0) is 53.1 Å².